The van der Waals surface area contributed by atoms with Gasteiger partial charge in [-0.25, -0.2) is 9.37 Å². The highest BCUT2D eigenvalue weighted by molar-refractivity contribution is 7.09. The smallest absolute Gasteiger partial charge is 0.313 e. The highest BCUT2D eigenvalue weighted by Crippen LogP contribution is 2.40. The third-order valence-electron chi connectivity index (χ3n) is 4.76. The molecule has 1 N–H and O–H groups in total. The maximum atomic E-state index is 13.4. The summed E-state index contributed by atoms with van der Waals surface area (Å²) in [6.07, 6.45) is 2.04. The molecule has 0 aliphatic rings. The summed E-state index contributed by atoms with van der Waals surface area (Å²) in [4.78, 5) is 16.1. The molecular formula is C21H20FNO2S. The summed E-state index contributed by atoms with van der Waals surface area (Å²) in [5, 5.41) is 12.1. The molecule has 0 aliphatic heterocycles. The topological polar surface area (TPSA) is 50.2 Å². The van der Waals surface area contributed by atoms with E-state index >= 15 is 0 Å². The molecule has 0 amide bonds. The van der Waals surface area contributed by atoms with E-state index in [0.29, 0.717) is 11.4 Å². The van der Waals surface area contributed by atoms with Gasteiger partial charge in [-0.1, -0.05) is 49.4 Å². The second kappa shape index (κ2) is 8.23. The predicted octanol–water partition coefficient (Wildman–Crippen LogP) is 5.43. The van der Waals surface area contributed by atoms with Gasteiger partial charge in [0.1, 0.15) is 16.7 Å². The number of nitrogens with zero attached hydrogens (tertiary/aromatic N) is 1. The molecule has 26 heavy (non-hydrogen) atoms. The Morgan fingerprint density at radius 2 is 1.81 bits per heavy atom. The zero-order chi connectivity index (χ0) is 18.5. The molecule has 0 fully saturated rings. The highest BCUT2D eigenvalue weighted by atomic mass is 32.1. The molecule has 134 valence electrons. The molecule has 1 aromatic heterocycles. The van der Waals surface area contributed by atoms with Crippen LogP contribution in [0.15, 0.2) is 66.2 Å². The summed E-state index contributed by atoms with van der Waals surface area (Å²) in [6.45, 7) is 2.09. The van der Waals surface area contributed by atoms with Gasteiger partial charge in [0.25, 0.3) is 0 Å². The van der Waals surface area contributed by atoms with E-state index in [2.05, 4.69) is 11.9 Å². The number of carboxylic acids is 1. The van der Waals surface area contributed by atoms with Gasteiger partial charge >= 0.3 is 5.97 Å². The third kappa shape index (κ3) is 4.17. The van der Waals surface area contributed by atoms with Crippen LogP contribution in [-0.4, -0.2) is 16.1 Å². The summed E-state index contributed by atoms with van der Waals surface area (Å²) in [7, 11) is 0. The van der Waals surface area contributed by atoms with Crippen molar-refractivity contribution in [1.82, 2.24) is 4.98 Å². The highest BCUT2D eigenvalue weighted by Gasteiger charge is 2.30. The molecule has 0 saturated carbocycles. The number of aromatic nitrogens is 1. The van der Waals surface area contributed by atoms with Crippen LogP contribution in [0.4, 0.5) is 4.39 Å². The Hall–Kier alpha value is -2.53. The molecule has 3 aromatic rings. The molecule has 3 atom stereocenters. The summed E-state index contributed by atoms with van der Waals surface area (Å²) in [6, 6.07) is 16.4. The van der Waals surface area contributed by atoms with Crippen molar-refractivity contribution in [3.8, 4) is 0 Å². The van der Waals surface area contributed by atoms with E-state index in [9.17, 15) is 14.3 Å². The molecule has 5 heteroatoms. The number of hydrogen-bond donors (Lipinski definition) is 1. The Balaban J connectivity index is 1.97. The molecule has 0 aliphatic carbocycles. The minimum atomic E-state index is -0.882. The van der Waals surface area contributed by atoms with Crippen molar-refractivity contribution in [2.45, 2.75) is 31.1 Å². The van der Waals surface area contributed by atoms with Gasteiger partial charge in [-0.2, -0.15) is 0 Å². The number of carbonyl (C=O) groups is 1. The molecule has 1 heterocycles. The van der Waals surface area contributed by atoms with Crippen LogP contribution in [-0.2, 0) is 4.79 Å². The van der Waals surface area contributed by atoms with E-state index in [-0.39, 0.29) is 17.7 Å². The lowest BCUT2D eigenvalue weighted by atomic mass is 9.77. The van der Waals surface area contributed by atoms with Crippen molar-refractivity contribution in [3.05, 3.63) is 88.1 Å². The number of halogens is 1. The summed E-state index contributed by atoms with van der Waals surface area (Å²) in [5.74, 6) is -1.84. The van der Waals surface area contributed by atoms with Crippen LogP contribution >= 0.6 is 11.3 Å². The van der Waals surface area contributed by atoms with E-state index < -0.39 is 11.9 Å². The van der Waals surface area contributed by atoms with Crippen LogP contribution in [0, 0.1) is 5.82 Å². The lowest BCUT2D eigenvalue weighted by Gasteiger charge is -2.27. The second-order valence-electron chi connectivity index (χ2n) is 6.35. The maximum absolute atomic E-state index is 13.4. The number of benzene rings is 2. The fraction of sp³-hybridized carbons (Fsp3) is 0.238. The van der Waals surface area contributed by atoms with Crippen LogP contribution in [0.5, 0.6) is 0 Å². The maximum Gasteiger partial charge on any atom is 0.313 e. The molecule has 0 bridgehead atoms. The molecule has 3 nitrogen and oxygen atoms in total. The Morgan fingerprint density at radius 3 is 2.38 bits per heavy atom. The van der Waals surface area contributed by atoms with Crippen LogP contribution in [0.1, 0.15) is 47.2 Å². The monoisotopic (exact) mass is 369 g/mol. The predicted molar refractivity (Wildman–Crippen MR) is 101 cm³/mol. The normalized spacial score (nSPS) is 14.5. The fourth-order valence-corrected chi connectivity index (χ4v) is 4.04. The lowest BCUT2D eigenvalue weighted by molar-refractivity contribution is -0.139. The molecule has 0 spiro atoms. The average Bonchev–Trinajstić information content (AvgIpc) is 3.18. The third-order valence-corrected chi connectivity index (χ3v) is 5.65. The molecule has 0 radical (unpaired) electrons. The van der Waals surface area contributed by atoms with Crippen molar-refractivity contribution in [2.24, 2.45) is 0 Å². The number of aliphatic carboxylic acids is 1. The van der Waals surface area contributed by atoms with Crippen molar-refractivity contribution < 1.29 is 14.3 Å². The Labute approximate surface area is 156 Å². The Bertz CT molecular complexity index is 834. The first-order valence-electron chi connectivity index (χ1n) is 8.49. The van der Waals surface area contributed by atoms with Gasteiger partial charge in [0.2, 0.25) is 0 Å². The number of rotatable bonds is 7. The molecule has 3 rings (SSSR count). The Kier molecular flexibility index (Phi) is 5.78. The lowest BCUT2D eigenvalue weighted by Crippen LogP contribution is -2.18. The van der Waals surface area contributed by atoms with Gasteiger partial charge in [0.15, 0.2) is 0 Å². The van der Waals surface area contributed by atoms with Gasteiger partial charge in [-0.15, -0.1) is 11.3 Å². The number of hydrogen-bond acceptors (Lipinski definition) is 3. The number of carboxylic acid groups (broad SMARTS) is 1. The Morgan fingerprint density at radius 1 is 1.12 bits per heavy atom. The average molecular weight is 369 g/mol. The first kappa shape index (κ1) is 18.3. The van der Waals surface area contributed by atoms with Gasteiger partial charge in [0, 0.05) is 11.6 Å². The van der Waals surface area contributed by atoms with Gasteiger partial charge in [0.05, 0.1) is 0 Å². The largest absolute Gasteiger partial charge is 0.481 e. The van der Waals surface area contributed by atoms with Gasteiger partial charge in [-0.3, -0.25) is 4.79 Å². The molecular weight excluding hydrogens is 349 g/mol. The minimum Gasteiger partial charge on any atom is -0.481 e. The molecule has 2 aromatic carbocycles. The SMILES string of the molecule is CC(c1ccccc1)C(CC(C(=O)O)c1nccs1)c1ccc(F)cc1. The van der Waals surface area contributed by atoms with Crippen molar-refractivity contribution in [3.63, 3.8) is 0 Å². The first-order valence-corrected chi connectivity index (χ1v) is 9.37. The van der Waals surface area contributed by atoms with E-state index in [1.165, 1.54) is 23.5 Å². The summed E-state index contributed by atoms with van der Waals surface area (Å²) in [5.41, 5.74) is 2.07. The zero-order valence-electron chi connectivity index (χ0n) is 14.4. The number of thiazole rings is 1. The van der Waals surface area contributed by atoms with Crippen LogP contribution in [0.3, 0.4) is 0 Å². The van der Waals surface area contributed by atoms with Crippen LogP contribution in [0.25, 0.3) is 0 Å². The fourth-order valence-electron chi connectivity index (χ4n) is 3.30. The second-order valence-corrected chi connectivity index (χ2v) is 7.28. The van der Waals surface area contributed by atoms with Gasteiger partial charge in [-0.05, 0) is 41.5 Å². The summed E-state index contributed by atoms with van der Waals surface area (Å²) < 4.78 is 13.4. The summed E-state index contributed by atoms with van der Waals surface area (Å²) >= 11 is 1.35. The molecule has 0 saturated heterocycles. The van der Waals surface area contributed by atoms with E-state index in [1.807, 2.05) is 30.3 Å². The minimum absolute atomic E-state index is 0.0667. The standard InChI is InChI=1S/C21H20FNO2S/c1-14(15-5-3-2-4-6-15)18(16-7-9-17(22)10-8-16)13-19(21(24)25)20-23-11-12-26-20/h2-12,14,18-19H,13H2,1H3,(H,24,25). The first-order chi connectivity index (χ1) is 12.6. The molecule has 3 unspecified atom stereocenters. The van der Waals surface area contributed by atoms with Crippen molar-refractivity contribution in [1.29, 1.82) is 0 Å². The van der Waals surface area contributed by atoms with Crippen molar-refractivity contribution >= 4 is 17.3 Å². The van der Waals surface area contributed by atoms with E-state index in [1.54, 1.807) is 23.7 Å². The van der Waals surface area contributed by atoms with Crippen LogP contribution in [0.2, 0.25) is 0 Å². The van der Waals surface area contributed by atoms with E-state index in [0.717, 1.165) is 11.1 Å². The zero-order valence-corrected chi connectivity index (χ0v) is 15.2. The van der Waals surface area contributed by atoms with E-state index in [4.69, 9.17) is 0 Å². The van der Waals surface area contributed by atoms with Crippen molar-refractivity contribution in [2.75, 3.05) is 0 Å². The quantitative estimate of drug-likeness (QED) is 0.604. The van der Waals surface area contributed by atoms with Crippen LogP contribution < -0.4 is 0 Å². The van der Waals surface area contributed by atoms with Gasteiger partial charge < -0.3 is 5.11 Å².